The second-order valence-corrected chi connectivity index (χ2v) is 8.46. The zero-order valence-corrected chi connectivity index (χ0v) is 17.0. The van der Waals surface area contributed by atoms with Gasteiger partial charge in [-0.15, -0.1) is 6.58 Å². The van der Waals surface area contributed by atoms with Crippen LogP contribution in [-0.4, -0.2) is 63.5 Å². The van der Waals surface area contributed by atoms with Crippen LogP contribution in [0.2, 0.25) is 0 Å². The highest BCUT2D eigenvalue weighted by Crippen LogP contribution is 2.44. The molecule has 2 N–H and O–H groups in total. The zero-order valence-electron chi connectivity index (χ0n) is 17.0. The van der Waals surface area contributed by atoms with Crippen molar-refractivity contribution in [3.05, 3.63) is 12.7 Å². The van der Waals surface area contributed by atoms with E-state index in [-0.39, 0.29) is 25.3 Å². The number of hydrogen-bond donors (Lipinski definition) is 2. The molecule has 2 aliphatic rings. The molecule has 0 radical (unpaired) electrons. The maximum absolute atomic E-state index is 12.9. The number of oxime groups is 1. The molecule has 1 aliphatic heterocycles. The fourth-order valence-electron chi connectivity index (χ4n) is 3.14. The van der Waals surface area contributed by atoms with E-state index in [0.29, 0.717) is 5.71 Å². The highest BCUT2D eigenvalue weighted by atomic mass is 16.6. The quantitative estimate of drug-likeness (QED) is 0.403. The fraction of sp³-hybridized carbons (Fsp3) is 0.684. The van der Waals surface area contributed by atoms with Gasteiger partial charge < -0.3 is 20.0 Å². The van der Waals surface area contributed by atoms with Crippen molar-refractivity contribution in [2.45, 2.75) is 70.7 Å². The molecular formula is C19H29N3O6. The van der Waals surface area contributed by atoms with Gasteiger partial charge in [-0.1, -0.05) is 11.2 Å². The molecule has 0 aromatic carbocycles. The molecule has 0 spiro atoms. The molecule has 2 fully saturated rings. The topological polar surface area (TPSA) is 118 Å². The average molecular weight is 395 g/mol. The van der Waals surface area contributed by atoms with E-state index in [9.17, 15) is 19.5 Å². The lowest BCUT2D eigenvalue weighted by Gasteiger charge is -2.28. The summed E-state index contributed by atoms with van der Waals surface area (Å²) in [5.74, 6) is -2.02. The summed E-state index contributed by atoms with van der Waals surface area (Å²) in [6.45, 7) is 12.5. The van der Waals surface area contributed by atoms with Crippen LogP contribution in [0.4, 0.5) is 4.79 Å². The largest absolute Gasteiger partial charge is 0.479 e. The predicted molar refractivity (Wildman–Crippen MR) is 102 cm³/mol. The number of aliphatic carboxylic acids is 1. The van der Waals surface area contributed by atoms with Crippen molar-refractivity contribution in [1.82, 2.24) is 10.2 Å². The van der Waals surface area contributed by atoms with E-state index in [4.69, 9.17) is 9.57 Å². The van der Waals surface area contributed by atoms with Crippen LogP contribution in [0.3, 0.4) is 0 Å². The van der Waals surface area contributed by atoms with Crippen LogP contribution < -0.4 is 5.32 Å². The summed E-state index contributed by atoms with van der Waals surface area (Å²) >= 11 is 0. The summed E-state index contributed by atoms with van der Waals surface area (Å²) < 4.78 is 5.39. The van der Waals surface area contributed by atoms with E-state index in [1.165, 1.54) is 11.0 Å². The number of carboxylic acid groups (broad SMARTS) is 1. The maximum atomic E-state index is 12.9. The van der Waals surface area contributed by atoms with Crippen LogP contribution in [0.15, 0.2) is 17.8 Å². The van der Waals surface area contributed by atoms with Gasteiger partial charge in [0.25, 0.3) is 0 Å². The summed E-state index contributed by atoms with van der Waals surface area (Å²) in [5, 5.41) is 16.0. The first-order valence-corrected chi connectivity index (χ1v) is 9.24. The van der Waals surface area contributed by atoms with Crippen LogP contribution in [0, 0.1) is 5.92 Å². The molecule has 9 heteroatoms. The monoisotopic (exact) mass is 395 g/mol. The first-order chi connectivity index (χ1) is 12.9. The zero-order chi connectivity index (χ0) is 21.3. The number of amides is 2. The summed E-state index contributed by atoms with van der Waals surface area (Å²) in [4.78, 5) is 43.8. The molecule has 0 aromatic rings. The number of likely N-dealkylation sites (tertiary alicyclic amines) is 1. The van der Waals surface area contributed by atoms with Gasteiger partial charge in [0.05, 0.1) is 12.3 Å². The standard InChI is InChI=1S/C19H29N3O6/c1-7-12-9-19(12,16(24)25)20-15(23)14-8-13(28-21-11(2)3)10-22(14)17(26)27-18(4,5)6/h7,12-14H,1,8-10H2,2-6H3,(H,20,23)(H,24,25)/t12?,13-,14+,19-/m1/s1. The van der Waals surface area contributed by atoms with Gasteiger partial charge >= 0.3 is 12.1 Å². The maximum Gasteiger partial charge on any atom is 0.411 e. The SMILES string of the molecule is C=CC1C[C@]1(NC(=O)[C@@H]1C[C@@H](ON=C(C)C)CN1C(=O)OC(C)(C)C)C(=O)O. The Morgan fingerprint density at radius 2 is 1.96 bits per heavy atom. The number of rotatable bonds is 6. The highest BCUT2D eigenvalue weighted by Gasteiger charge is 2.61. The van der Waals surface area contributed by atoms with Gasteiger partial charge in [-0.3, -0.25) is 9.69 Å². The Kier molecular flexibility index (Phi) is 6.06. The Bertz CT molecular complexity index is 694. The molecule has 1 heterocycles. The summed E-state index contributed by atoms with van der Waals surface area (Å²) in [7, 11) is 0. The Labute approximate surface area is 164 Å². The minimum Gasteiger partial charge on any atom is -0.479 e. The third kappa shape index (κ3) is 4.82. The normalized spacial score (nSPS) is 28.9. The first-order valence-electron chi connectivity index (χ1n) is 9.24. The molecule has 1 unspecified atom stereocenters. The van der Waals surface area contributed by atoms with Gasteiger partial charge in [0, 0.05) is 12.3 Å². The molecular weight excluding hydrogens is 366 g/mol. The summed E-state index contributed by atoms with van der Waals surface area (Å²) in [6.07, 6.45) is 0.829. The average Bonchev–Trinajstić information content (AvgIpc) is 3.10. The first kappa shape index (κ1) is 21.7. The van der Waals surface area contributed by atoms with Gasteiger partial charge in [-0.2, -0.15) is 0 Å². The van der Waals surface area contributed by atoms with Crippen molar-refractivity contribution in [3.8, 4) is 0 Å². The molecule has 4 atom stereocenters. The number of carbonyl (C=O) groups excluding carboxylic acids is 2. The van der Waals surface area contributed by atoms with Crippen molar-refractivity contribution in [2.75, 3.05) is 6.54 Å². The number of carbonyl (C=O) groups is 3. The van der Waals surface area contributed by atoms with Crippen LogP contribution in [0.5, 0.6) is 0 Å². The van der Waals surface area contributed by atoms with E-state index in [2.05, 4.69) is 17.1 Å². The lowest BCUT2D eigenvalue weighted by Crippen LogP contribution is -2.53. The lowest BCUT2D eigenvalue weighted by atomic mass is 10.1. The van der Waals surface area contributed by atoms with Crippen LogP contribution in [-0.2, 0) is 19.2 Å². The second kappa shape index (κ2) is 7.81. The Morgan fingerprint density at radius 3 is 2.43 bits per heavy atom. The lowest BCUT2D eigenvalue weighted by molar-refractivity contribution is -0.144. The molecule has 1 saturated heterocycles. The smallest absolute Gasteiger partial charge is 0.411 e. The van der Waals surface area contributed by atoms with Gasteiger partial charge in [0.1, 0.15) is 23.3 Å². The summed E-state index contributed by atoms with van der Waals surface area (Å²) in [5.41, 5.74) is -1.40. The van der Waals surface area contributed by atoms with E-state index >= 15 is 0 Å². The second-order valence-electron chi connectivity index (χ2n) is 8.46. The van der Waals surface area contributed by atoms with Gasteiger partial charge in [-0.25, -0.2) is 9.59 Å². The number of hydrogen-bond acceptors (Lipinski definition) is 6. The predicted octanol–water partition coefficient (Wildman–Crippen LogP) is 1.92. The van der Waals surface area contributed by atoms with Crippen molar-refractivity contribution >= 4 is 23.7 Å². The van der Waals surface area contributed by atoms with Gasteiger partial charge in [0.2, 0.25) is 5.91 Å². The highest BCUT2D eigenvalue weighted by molar-refractivity contribution is 5.94. The van der Waals surface area contributed by atoms with Crippen LogP contribution in [0.25, 0.3) is 0 Å². The van der Waals surface area contributed by atoms with Crippen molar-refractivity contribution < 1.29 is 29.1 Å². The number of carboxylic acids is 1. The van der Waals surface area contributed by atoms with Gasteiger partial charge in [-0.05, 0) is 41.0 Å². The van der Waals surface area contributed by atoms with Crippen LogP contribution in [0.1, 0.15) is 47.5 Å². The molecule has 28 heavy (non-hydrogen) atoms. The van der Waals surface area contributed by atoms with Crippen molar-refractivity contribution in [1.29, 1.82) is 0 Å². The third-order valence-corrected chi connectivity index (χ3v) is 4.60. The summed E-state index contributed by atoms with van der Waals surface area (Å²) in [6, 6.07) is -0.908. The Morgan fingerprint density at radius 1 is 1.32 bits per heavy atom. The fourth-order valence-corrected chi connectivity index (χ4v) is 3.14. The minimum atomic E-state index is -1.37. The molecule has 0 aromatic heterocycles. The van der Waals surface area contributed by atoms with E-state index in [0.717, 1.165) is 0 Å². The van der Waals surface area contributed by atoms with E-state index in [1.54, 1.807) is 34.6 Å². The Hall–Kier alpha value is -2.58. The molecule has 1 saturated carbocycles. The van der Waals surface area contributed by atoms with E-state index < -0.39 is 41.3 Å². The third-order valence-electron chi connectivity index (χ3n) is 4.60. The Balaban J connectivity index is 2.17. The number of ether oxygens (including phenoxy) is 1. The van der Waals surface area contributed by atoms with Crippen LogP contribution >= 0.6 is 0 Å². The van der Waals surface area contributed by atoms with Crippen molar-refractivity contribution in [2.24, 2.45) is 11.1 Å². The van der Waals surface area contributed by atoms with E-state index in [1.807, 2.05) is 0 Å². The van der Waals surface area contributed by atoms with Gasteiger partial charge in [0.15, 0.2) is 0 Å². The number of nitrogens with one attached hydrogen (secondary N) is 1. The minimum absolute atomic E-state index is 0.120. The molecule has 9 nitrogen and oxygen atoms in total. The molecule has 0 bridgehead atoms. The molecule has 2 amide bonds. The molecule has 156 valence electrons. The molecule has 1 aliphatic carbocycles. The number of nitrogens with zero attached hydrogens (tertiary/aromatic N) is 2. The molecule has 2 rings (SSSR count). The van der Waals surface area contributed by atoms with Crippen molar-refractivity contribution in [3.63, 3.8) is 0 Å².